The Balaban J connectivity index is 2.88. The average molecular weight is 188 g/mol. The molecule has 0 bridgehead atoms. The molecule has 0 saturated carbocycles. The summed E-state index contributed by atoms with van der Waals surface area (Å²) in [6.45, 7) is 4.06. The maximum atomic E-state index is 10.8. The van der Waals surface area contributed by atoms with Crippen LogP contribution < -0.4 is 0 Å². The summed E-state index contributed by atoms with van der Waals surface area (Å²) in [5.74, 6) is 0.469. The van der Waals surface area contributed by atoms with Gasteiger partial charge in [-0.1, -0.05) is 19.1 Å². The van der Waals surface area contributed by atoms with Crippen molar-refractivity contribution < 1.29 is 9.21 Å². The molecule has 0 fully saturated rings. The minimum absolute atomic E-state index is 0.469. The number of aryl methyl sites for hydroxylation is 2. The molecule has 0 atom stereocenters. The number of benzene rings is 1. The summed E-state index contributed by atoms with van der Waals surface area (Å²) in [5.41, 5.74) is 2.99. The van der Waals surface area contributed by atoms with Crippen LogP contribution in [0.25, 0.3) is 11.0 Å². The largest absolute Gasteiger partial charge is 0.453 e. The number of aldehydes is 1. The Hall–Kier alpha value is -1.57. The molecule has 1 aromatic heterocycles. The number of carbonyl (C=O) groups excluding carboxylic acids is 1. The normalized spacial score (nSPS) is 10.7. The molecule has 1 heterocycles. The lowest BCUT2D eigenvalue weighted by molar-refractivity contribution is 0.110. The van der Waals surface area contributed by atoms with E-state index in [1.54, 1.807) is 0 Å². The molecule has 0 aliphatic heterocycles. The molecule has 2 rings (SSSR count). The summed E-state index contributed by atoms with van der Waals surface area (Å²) in [6, 6.07) is 5.87. The van der Waals surface area contributed by atoms with Gasteiger partial charge in [0.2, 0.25) is 0 Å². The first-order chi connectivity index (χ1) is 6.77. The third-order valence-electron chi connectivity index (χ3n) is 2.51. The first kappa shape index (κ1) is 9.00. The summed E-state index contributed by atoms with van der Waals surface area (Å²) >= 11 is 0. The van der Waals surface area contributed by atoms with Crippen molar-refractivity contribution in [1.82, 2.24) is 0 Å². The van der Waals surface area contributed by atoms with E-state index in [0.29, 0.717) is 5.76 Å². The summed E-state index contributed by atoms with van der Waals surface area (Å²) in [7, 11) is 0. The molecule has 0 unspecified atom stereocenters. The molecule has 2 aromatic rings. The Morgan fingerprint density at radius 1 is 1.43 bits per heavy atom. The minimum Gasteiger partial charge on any atom is -0.453 e. The summed E-state index contributed by atoms with van der Waals surface area (Å²) in [5, 5.41) is 1.09. The van der Waals surface area contributed by atoms with Crippen molar-refractivity contribution in [2.45, 2.75) is 20.3 Å². The SMILES string of the molecule is CCc1c(C=O)oc2cccc(C)c12. The van der Waals surface area contributed by atoms with Gasteiger partial charge in [-0.25, -0.2) is 0 Å². The highest BCUT2D eigenvalue weighted by molar-refractivity contribution is 5.91. The molecule has 1 aromatic carbocycles. The van der Waals surface area contributed by atoms with Crippen LogP contribution in [0.4, 0.5) is 0 Å². The fraction of sp³-hybridized carbons (Fsp3) is 0.250. The zero-order valence-electron chi connectivity index (χ0n) is 8.33. The fourth-order valence-electron chi connectivity index (χ4n) is 1.86. The highest BCUT2D eigenvalue weighted by Crippen LogP contribution is 2.27. The maximum absolute atomic E-state index is 10.8. The number of hydrogen-bond acceptors (Lipinski definition) is 2. The third-order valence-corrected chi connectivity index (χ3v) is 2.51. The van der Waals surface area contributed by atoms with E-state index in [4.69, 9.17) is 4.42 Å². The molecule has 0 amide bonds. The smallest absolute Gasteiger partial charge is 0.185 e. The van der Waals surface area contributed by atoms with Crippen LogP contribution in [-0.2, 0) is 6.42 Å². The second kappa shape index (κ2) is 3.29. The summed E-state index contributed by atoms with van der Waals surface area (Å²) < 4.78 is 5.45. The van der Waals surface area contributed by atoms with Crippen LogP contribution in [0.2, 0.25) is 0 Å². The van der Waals surface area contributed by atoms with Crippen molar-refractivity contribution in [2.24, 2.45) is 0 Å². The third kappa shape index (κ3) is 1.15. The fourth-order valence-corrected chi connectivity index (χ4v) is 1.86. The lowest BCUT2D eigenvalue weighted by Crippen LogP contribution is -1.85. The number of hydrogen-bond donors (Lipinski definition) is 0. The van der Waals surface area contributed by atoms with Crippen LogP contribution in [-0.4, -0.2) is 6.29 Å². The zero-order valence-corrected chi connectivity index (χ0v) is 8.33. The van der Waals surface area contributed by atoms with Crippen LogP contribution >= 0.6 is 0 Å². The monoisotopic (exact) mass is 188 g/mol. The van der Waals surface area contributed by atoms with Crippen molar-refractivity contribution in [1.29, 1.82) is 0 Å². The molecule has 2 nitrogen and oxygen atoms in total. The van der Waals surface area contributed by atoms with E-state index in [1.165, 1.54) is 0 Å². The first-order valence-electron chi connectivity index (χ1n) is 4.74. The zero-order chi connectivity index (χ0) is 10.1. The van der Waals surface area contributed by atoms with Gasteiger partial charge in [0, 0.05) is 10.9 Å². The summed E-state index contributed by atoms with van der Waals surface area (Å²) in [4.78, 5) is 10.8. The number of rotatable bonds is 2. The van der Waals surface area contributed by atoms with Gasteiger partial charge < -0.3 is 4.42 Å². The molecule has 0 aliphatic carbocycles. The van der Waals surface area contributed by atoms with Crippen molar-refractivity contribution >= 4 is 17.3 Å². The maximum Gasteiger partial charge on any atom is 0.185 e. The molecule has 0 N–H and O–H groups in total. The van der Waals surface area contributed by atoms with Gasteiger partial charge in [0.1, 0.15) is 5.58 Å². The van der Waals surface area contributed by atoms with Crippen molar-refractivity contribution in [3.63, 3.8) is 0 Å². The highest BCUT2D eigenvalue weighted by atomic mass is 16.3. The van der Waals surface area contributed by atoms with Crippen LogP contribution in [0.5, 0.6) is 0 Å². The predicted molar refractivity (Wildman–Crippen MR) is 55.7 cm³/mol. The molecular formula is C12H12O2. The minimum atomic E-state index is 0.469. The lowest BCUT2D eigenvalue weighted by Gasteiger charge is -1.96. The predicted octanol–water partition coefficient (Wildman–Crippen LogP) is 3.12. The first-order valence-corrected chi connectivity index (χ1v) is 4.74. The van der Waals surface area contributed by atoms with E-state index >= 15 is 0 Å². The van der Waals surface area contributed by atoms with Crippen LogP contribution in [0.3, 0.4) is 0 Å². The van der Waals surface area contributed by atoms with Crippen molar-refractivity contribution in [3.8, 4) is 0 Å². The molecule has 2 heteroatoms. The van der Waals surface area contributed by atoms with Crippen LogP contribution in [0.15, 0.2) is 22.6 Å². The Bertz CT molecular complexity index is 480. The Labute approximate surface area is 82.5 Å². The van der Waals surface area contributed by atoms with E-state index in [9.17, 15) is 4.79 Å². The molecular weight excluding hydrogens is 176 g/mol. The van der Waals surface area contributed by atoms with Gasteiger partial charge in [-0.05, 0) is 25.0 Å². The van der Waals surface area contributed by atoms with Crippen LogP contribution in [0.1, 0.15) is 28.6 Å². The molecule has 0 spiro atoms. The van der Waals surface area contributed by atoms with Gasteiger partial charge in [0.25, 0.3) is 0 Å². The molecule has 0 radical (unpaired) electrons. The van der Waals surface area contributed by atoms with E-state index in [-0.39, 0.29) is 0 Å². The lowest BCUT2D eigenvalue weighted by atomic mass is 10.0. The van der Waals surface area contributed by atoms with Gasteiger partial charge in [-0.2, -0.15) is 0 Å². The van der Waals surface area contributed by atoms with E-state index < -0.39 is 0 Å². The van der Waals surface area contributed by atoms with Crippen molar-refractivity contribution in [2.75, 3.05) is 0 Å². The van der Waals surface area contributed by atoms with E-state index in [2.05, 4.69) is 0 Å². The average Bonchev–Trinajstić information content (AvgIpc) is 2.56. The van der Waals surface area contributed by atoms with Gasteiger partial charge in [0.15, 0.2) is 12.0 Å². The Morgan fingerprint density at radius 2 is 2.21 bits per heavy atom. The van der Waals surface area contributed by atoms with Gasteiger partial charge >= 0.3 is 0 Å². The molecule has 0 aliphatic rings. The summed E-state index contributed by atoms with van der Waals surface area (Å²) in [6.07, 6.45) is 1.62. The number of furan rings is 1. The number of fused-ring (bicyclic) bond motifs is 1. The Kier molecular flexibility index (Phi) is 2.12. The van der Waals surface area contributed by atoms with Gasteiger partial charge in [-0.15, -0.1) is 0 Å². The molecule has 0 saturated heterocycles. The second-order valence-corrected chi connectivity index (χ2v) is 3.36. The standard InChI is InChI=1S/C12H12O2/c1-3-9-11(7-13)14-10-6-4-5-8(2)12(9)10/h4-7H,3H2,1-2H3. The quantitative estimate of drug-likeness (QED) is 0.678. The second-order valence-electron chi connectivity index (χ2n) is 3.36. The molecule has 14 heavy (non-hydrogen) atoms. The van der Waals surface area contributed by atoms with Gasteiger partial charge in [-0.3, -0.25) is 4.79 Å². The topological polar surface area (TPSA) is 30.2 Å². The van der Waals surface area contributed by atoms with Crippen molar-refractivity contribution in [3.05, 3.63) is 35.1 Å². The highest BCUT2D eigenvalue weighted by Gasteiger charge is 2.12. The van der Waals surface area contributed by atoms with E-state index in [1.807, 2.05) is 32.0 Å². The van der Waals surface area contributed by atoms with E-state index in [0.717, 1.165) is 34.8 Å². The van der Waals surface area contributed by atoms with Crippen LogP contribution in [0, 0.1) is 6.92 Å². The van der Waals surface area contributed by atoms with Gasteiger partial charge in [0.05, 0.1) is 0 Å². The molecule has 72 valence electrons. The Morgan fingerprint density at radius 3 is 2.86 bits per heavy atom. The number of carbonyl (C=O) groups is 1.